The summed E-state index contributed by atoms with van der Waals surface area (Å²) in [6.07, 6.45) is 1.93. The minimum atomic E-state index is -0.488. The molecule has 148 valence electrons. The van der Waals surface area contributed by atoms with Gasteiger partial charge < -0.3 is 9.72 Å². The number of hydrogen-bond donors (Lipinski definition) is 1. The van der Waals surface area contributed by atoms with E-state index in [1.165, 1.54) is 12.3 Å². The predicted molar refractivity (Wildman–Crippen MR) is 109 cm³/mol. The molecule has 0 spiro atoms. The number of rotatable bonds is 6. The summed E-state index contributed by atoms with van der Waals surface area (Å²) in [4.78, 5) is 26.6. The molecule has 0 saturated carbocycles. The van der Waals surface area contributed by atoms with Crippen LogP contribution >= 0.6 is 23.2 Å². The van der Waals surface area contributed by atoms with Crippen molar-refractivity contribution in [2.24, 2.45) is 0 Å². The standard InChI is InChI=1S/C19H20Cl2N4O3/c1-4-15-16(10-24-17(26)5-6-22-19(24)27)23-25(11(2)3)18(15)28-14-8-12(20)7-13(21)9-14/h5-9,11H,4,10H2,1-3H3,(H,22,27). The number of benzene rings is 1. The zero-order valence-corrected chi connectivity index (χ0v) is 17.2. The maximum Gasteiger partial charge on any atom is 0.328 e. The maximum atomic E-state index is 12.1. The van der Waals surface area contributed by atoms with Gasteiger partial charge in [0, 0.05) is 27.9 Å². The lowest BCUT2D eigenvalue weighted by atomic mass is 10.2. The Morgan fingerprint density at radius 2 is 1.86 bits per heavy atom. The van der Waals surface area contributed by atoms with Gasteiger partial charge in [-0.3, -0.25) is 9.36 Å². The molecule has 2 aromatic heterocycles. The van der Waals surface area contributed by atoms with Gasteiger partial charge >= 0.3 is 5.69 Å². The van der Waals surface area contributed by atoms with E-state index in [0.29, 0.717) is 33.8 Å². The quantitative estimate of drug-likeness (QED) is 0.649. The van der Waals surface area contributed by atoms with E-state index in [4.69, 9.17) is 27.9 Å². The minimum Gasteiger partial charge on any atom is -0.439 e. The van der Waals surface area contributed by atoms with Crippen molar-refractivity contribution in [3.8, 4) is 11.6 Å². The van der Waals surface area contributed by atoms with Crippen molar-refractivity contribution in [3.63, 3.8) is 0 Å². The molecule has 0 radical (unpaired) electrons. The third-order valence-corrected chi connectivity index (χ3v) is 4.62. The lowest BCUT2D eigenvalue weighted by Crippen LogP contribution is -2.34. The Hall–Kier alpha value is -2.51. The molecular formula is C19H20Cl2N4O3. The highest BCUT2D eigenvalue weighted by Gasteiger charge is 2.21. The Labute approximate surface area is 171 Å². The summed E-state index contributed by atoms with van der Waals surface area (Å²) in [6.45, 7) is 5.94. The van der Waals surface area contributed by atoms with Gasteiger partial charge in [0.05, 0.1) is 18.3 Å². The van der Waals surface area contributed by atoms with Crippen molar-refractivity contribution < 1.29 is 4.74 Å². The second-order valence-corrected chi connectivity index (χ2v) is 7.41. The fourth-order valence-corrected chi connectivity index (χ4v) is 3.40. The first kappa shape index (κ1) is 20.2. The zero-order valence-electron chi connectivity index (χ0n) is 15.7. The Morgan fingerprint density at radius 1 is 1.18 bits per heavy atom. The molecule has 3 aromatic rings. The van der Waals surface area contributed by atoms with Crippen LogP contribution in [0.15, 0.2) is 40.1 Å². The van der Waals surface area contributed by atoms with Crippen LogP contribution in [0.5, 0.6) is 11.6 Å². The molecular weight excluding hydrogens is 403 g/mol. The van der Waals surface area contributed by atoms with Crippen molar-refractivity contribution in [2.45, 2.75) is 39.8 Å². The molecule has 7 nitrogen and oxygen atoms in total. The summed E-state index contributed by atoms with van der Waals surface area (Å²) < 4.78 is 8.92. The number of nitrogens with zero attached hydrogens (tertiary/aromatic N) is 3. The van der Waals surface area contributed by atoms with E-state index in [2.05, 4.69) is 10.1 Å². The van der Waals surface area contributed by atoms with Gasteiger partial charge in [-0.25, -0.2) is 9.48 Å². The molecule has 0 fully saturated rings. The van der Waals surface area contributed by atoms with Gasteiger partial charge in [0.1, 0.15) is 5.75 Å². The van der Waals surface area contributed by atoms with Crippen LogP contribution in [-0.4, -0.2) is 19.3 Å². The molecule has 1 N–H and O–H groups in total. The van der Waals surface area contributed by atoms with Crippen LogP contribution in [-0.2, 0) is 13.0 Å². The van der Waals surface area contributed by atoms with Gasteiger partial charge in [-0.05, 0) is 38.5 Å². The molecule has 0 atom stereocenters. The second kappa shape index (κ2) is 8.24. The van der Waals surface area contributed by atoms with Crippen LogP contribution < -0.4 is 16.0 Å². The topological polar surface area (TPSA) is 81.9 Å². The van der Waals surface area contributed by atoms with E-state index in [9.17, 15) is 9.59 Å². The predicted octanol–water partition coefficient (Wildman–Crippen LogP) is 4.02. The minimum absolute atomic E-state index is 0.00511. The monoisotopic (exact) mass is 422 g/mol. The van der Waals surface area contributed by atoms with Crippen molar-refractivity contribution in [3.05, 3.63) is 72.6 Å². The van der Waals surface area contributed by atoms with E-state index in [-0.39, 0.29) is 12.6 Å². The van der Waals surface area contributed by atoms with Crippen molar-refractivity contribution >= 4 is 23.2 Å². The molecule has 0 amide bonds. The van der Waals surface area contributed by atoms with Crippen LogP contribution in [0.2, 0.25) is 10.0 Å². The Morgan fingerprint density at radius 3 is 2.43 bits per heavy atom. The van der Waals surface area contributed by atoms with Gasteiger partial charge in [0.25, 0.3) is 5.56 Å². The Bertz CT molecular complexity index is 1070. The molecule has 0 aliphatic carbocycles. The first-order valence-corrected chi connectivity index (χ1v) is 9.58. The Balaban J connectivity index is 2.09. The maximum absolute atomic E-state index is 12.1. The largest absolute Gasteiger partial charge is 0.439 e. The van der Waals surface area contributed by atoms with Crippen molar-refractivity contribution in [2.75, 3.05) is 0 Å². The lowest BCUT2D eigenvalue weighted by molar-refractivity contribution is 0.385. The highest BCUT2D eigenvalue weighted by molar-refractivity contribution is 6.34. The molecule has 2 heterocycles. The smallest absolute Gasteiger partial charge is 0.328 e. The van der Waals surface area contributed by atoms with Crippen LogP contribution in [0, 0.1) is 0 Å². The van der Waals surface area contributed by atoms with E-state index in [0.717, 1.165) is 10.1 Å². The molecule has 3 rings (SSSR count). The lowest BCUT2D eigenvalue weighted by Gasteiger charge is -2.13. The van der Waals surface area contributed by atoms with Crippen LogP contribution in [0.3, 0.4) is 0 Å². The van der Waals surface area contributed by atoms with Gasteiger partial charge in [-0.2, -0.15) is 5.10 Å². The van der Waals surface area contributed by atoms with Crippen molar-refractivity contribution in [1.29, 1.82) is 0 Å². The van der Waals surface area contributed by atoms with Gasteiger partial charge in [-0.1, -0.05) is 30.1 Å². The van der Waals surface area contributed by atoms with E-state index in [1.807, 2.05) is 20.8 Å². The molecule has 0 saturated heterocycles. The summed E-state index contributed by atoms with van der Waals surface area (Å²) in [5, 5.41) is 5.53. The average Bonchev–Trinajstić information content (AvgIpc) is 2.94. The molecule has 1 aromatic carbocycles. The number of hydrogen-bond acceptors (Lipinski definition) is 4. The van der Waals surface area contributed by atoms with Crippen molar-refractivity contribution in [1.82, 2.24) is 19.3 Å². The number of halogens is 2. The van der Waals surface area contributed by atoms with E-state index < -0.39 is 11.2 Å². The normalized spacial score (nSPS) is 11.2. The molecule has 0 unspecified atom stereocenters. The zero-order chi connectivity index (χ0) is 20.4. The molecule has 0 aliphatic rings. The van der Waals surface area contributed by atoms with E-state index in [1.54, 1.807) is 22.9 Å². The first-order valence-electron chi connectivity index (χ1n) is 8.82. The number of nitrogens with one attached hydrogen (secondary N) is 1. The van der Waals surface area contributed by atoms with E-state index >= 15 is 0 Å². The molecule has 28 heavy (non-hydrogen) atoms. The number of ether oxygens (including phenoxy) is 1. The third kappa shape index (κ3) is 4.15. The van der Waals surface area contributed by atoms with Crippen LogP contribution in [0.1, 0.15) is 38.1 Å². The van der Waals surface area contributed by atoms with Gasteiger partial charge in [0.15, 0.2) is 0 Å². The fraction of sp³-hybridized carbons (Fsp3) is 0.316. The summed E-state index contributed by atoms with van der Waals surface area (Å²) in [6, 6.07) is 6.25. The number of aromatic amines is 1. The van der Waals surface area contributed by atoms with Crippen LogP contribution in [0.4, 0.5) is 0 Å². The Kier molecular flexibility index (Phi) is 5.96. The van der Waals surface area contributed by atoms with Crippen LogP contribution in [0.25, 0.3) is 0 Å². The first-order chi connectivity index (χ1) is 13.3. The summed E-state index contributed by atoms with van der Waals surface area (Å²) in [7, 11) is 0. The summed E-state index contributed by atoms with van der Waals surface area (Å²) >= 11 is 12.2. The fourth-order valence-electron chi connectivity index (χ4n) is 2.89. The van der Waals surface area contributed by atoms with Gasteiger partial charge in [-0.15, -0.1) is 0 Å². The third-order valence-electron chi connectivity index (χ3n) is 4.19. The SMILES string of the molecule is CCc1c(Cn2c(=O)cc[nH]c2=O)nn(C(C)C)c1Oc1cc(Cl)cc(Cl)c1. The number of aromatic nitrogens is 4. The number of H-pyrrole nitrogens is 1. The molecule has 0 bridgehead atoms. The molecule has 0 aliphatic heterocycles. The highest BCUT2D eigenvalue weighted by atomic mass is 35.5. The summed E-state index contributed by atoms with van der Waals surface area (Å²) in [5.41, 5.74) is 0.518. The van der Waals surface area contributed by atoms with Gasteiger partial charge in [0.2, 0.25) is 5.88 Å². The molecule has 9 heteroatoms. The highest BCUT2D eigenvalue weighted by Crippen LogP contribution is 2.33. The average molecular weight is 423 g/mol. The summed E-state index contributed by atoms with van der Waals surface area (Å²) in [5.74, 6) is 1.02. The second-order valence-electron chi connectivity index (χ2n) is 6.54.